The summed E-state index contributed by atoms with van der Waals surface area (Å²) in [5.74, 6) is -0.587. The van der Waals surface area contributed by atoms with Crippen LogP contribution in [0.1, 0.15) is 60.3 Å². The van der Waals surface area contributed by atoms with Crippen molar-refractivity contribution in [1.82, 2.24) is 30.1 Å². The highest BCUT2D eigenvalue weighted by Crippen LogP contribution is 2.40. The zero-order valence-corrected chi connectivity index (χ0v) is 20.7. The third kappa shape index (κ3) is 4.27. The van der Waals surface area contributed by atoms with Crippen LogP contribution in [0.4, 0.5) is 5.69 Å². The van der Waals surface area contributed by atoms with E-state index in [1.807, 2.05) is 6.92 Å². The van der Waals surface area contributed by atoms with E-state index in [1.165, 1.54) is 0 Å². The molecule has 2 N–H and O–H groups in total. The fourth-order valence-corrected chi connectivity index (χ4v) is 5.91. The number of aryl methyl sites for hydroxylation is 1. The Kier molecular flexibility index (Phi) is 5.78. The van der Waals surface area contributed by atoms with E-state index >= 15 is 0 Å². The van der Waals surface area contributed by atoms with Gasteiger partial charge in [-0.3, -0.25) is 14.4 Å². The van der Waals surface area contributed by atoms with E-state index < -0.39 is 5.92 Å². The maximum absolute atomic E-state index is 13.5. The first-order valence-electron chi connectivity index (χ1n) is 13.1. The first kappa shape index (κ1) is 23.1. The lowest BCUT2D eigenvalue weighted by Gasteiger charge is -2.33. The molecule has 4 aliphatic rings. The summed E-state index contributed by atoms with van der Waals surface area (Å²) in [6, 6.07) is 6.96. The zero-order chi connectivity index (χ0) is 24.9. The van der Waals surface area contributed by atoms with Crippen LogP contribution >= 0.6 is 0 Å². The van der Waals surface area contributed by atoms with Crippen LogP contribution in [0, 0.1) is 11.3 Å². The van der Waals surface area contributed by atoms with Crippen molar-refractivity contribution in [3.8, 4) is 0 Å². The molecule has 1 aliphatic carbocycles. The Labute approximate surface area is 210 Å². The van der Waals surface area contributed by atoms with E-state index in [-0.39, 0.29) is 35.6 Å². The average molecular weight is 492 g/mol. The van der Waals surface area contributed by atoms with Crippen LogP contribution in [-0.2, 0) is 22.7 Å². The largest absolute Gasteiger partial charge is 0.355 e. The number of carbonyl (C=O) groups excluding carboxylic acids is 3. The Morgan fingerprint density at radius 2 is 1.83 bits per heavy atom. The van der Waals surface area contributed by atoms with Gasteiger partial charge in [0.15, 0.2) is 0 Å². The molecule has 0 spiro atoms. The second-order valence-corrected chi connectivity index (χ2v) is 10.8. The van der Waals surface area contributed by atoms with Crippen molar-refractivity contribution >= 4 is 23.4 Å². The molecule has 2 saturated heterocycles. The Balaban J connectivity index is 1.17. The SMILES string of the molecule is CCn1nnc2c1C(C(=O)NCC13CCN(CC1)C3)CN(C(=O)c1ccc(NC(=O)C3CC3)cc1)C2. The van der Waals surface area contributed by atoms with Gasteiger partial charge < -0.3 is 20.4 Å². The molecule has 10 heteroatoms. The number of carbonyl (C=O) groups is 3. The predicted molar refractivity (Wildman–Crippen MR) is 132 cm³/mol. The van der Waals surface area contributed by atoms with E-state index in [2.05, 4.69) is 25.8 Å². The van der Waals surface area contributed by atoms with Gasteiger partial charge in [-0.1, -0.05) is 5.21 Å². The summed E-state index contributed by atoms with van der Waals surface area (Å²) in [6.07, 6.45) is 4.13. The van der Waals surface area contributed by atoms with Gasteiger partial charge in [-0.05, 0) is 70.0 Å². The van der Waals surface area contributed by atoms with E-state index in [1.54, 1.807) is 33.8 Å². The average Bonchev–Trinajstić information content (AvgIpc) is 3.38. The molecular formula is C26H33N7O3. The minimum absolute atomic E-state index is 0.0351. The van der Waals surface area contributed by atoms with Crippen LogP contribution in [0.15, 0.2) is 24.3 Å². The van der Waals surface area contributed by atoms with Crippen molar-refractivity contribution in [2.75, 3.05) is 38.0 Å². The van der Waals surface area contributed by atoms with E-state index in [0.717, 1.165) is 51.0 Å². The maximum Gasteiger partial charge on any atom is 0.254 e. The van der Waals surface area contributed by atoms with Gasteiger partial charge in [0, 0.05) is 48.8 Å². The molecule has 1 aromatic carbocycles. The molecule has 3 aliphatic heterocycles. The molecule has 2 aromatic rings. The third-order valence-electron chi connectivity index (χ3n) is 8.28. The zero-order valence-electron chi connectivity index (χ0n) is 20.7. The molecule has 190 valence electrons. The quantitative estimate of drug-likeness (QED) is 0.609. The Morgan fingerprint density at radius 1 is 1.08 bits per heavy atom. The van der Waals surface area contributed by atoms with Gasteiger partial charge in [0.1, 0.15) is 5.69 Å². The number of aromatic nitrogens is 3. The van der Waals surface area contributed by atoms with Crippen molar-refractivity contribution in [3.63, 3.8) is 0 Å². The van der Waals surface area contributed by atoms with Gasteiger partial charge >= 0.3 is 0 Å². The van der Waals surface area contributed by atoms with Crippen molar-refractivity contribution in [2.24, 2.45) is 11.3 Å². The molecule has 3 amide bonds. The number of amides is 3. The molecule has 1 saturated carbocycles. The van der Waals surface area contributed by atoms with Crippen molar-refractivity contribution in [2.45, 2.75) is 51.6 Å². The Bertz CT molecular complexity index is 1180. The molecule has 4 heterocycles. The molecule has 0 radical (unpaired) electrons. The van der Waals surface area contributed by atoms with E-state index in [9.17, 15) is 14.4 Å². The Hall–Kier alpha value is -3.27. The second-order valence-electron chi connectivity index (χ2n) is 10.8. The normalized spacial score (nSPS) is 26.5. The first-order chi connectivity index (χ1) is 17.4. The molecule has 1 unspecified atom stereocenters. The molecule has 1 aromatic heterocycles. The van der Waals surface area contributed by atoms with Crippen LogP contribution in [0.2, 0.25) is 0 Å². The smallest absolute Gasteiger partial charge is 0.254 e. The lowest BCUT2D eigenvalue weighted by molar-refractivity contribution is -0.123. The summed E-state index contributed by atoms with van der Waals surface area (Å²) < 4.78 is 1.78. The van der Waals surface area contributed by atoms with E-state index in [0.29, 0.717) is 36.6 Å². The van der Waals surface area contributed by atoms with Crippen molar-refractivity contribution in [1.29, 1.82) is 0 Å². The highest BCUT2D eigenvalue weighted by Gasteiger charge is 2.44. The fourth-order valence-electron chi connectivity index (χ4n) is 5.91. The number of fused-ring (bicyclic) bond motifs is 3. The first-order valence-corrected chi connectivity index (χ1v) is 13.1. The highest BCUT2D eigenvalue weighted by molar-refractivity contribution is 5.97. The standard InChI is InChI=1S/C26H33N7O3/c1-2-33-22-20(24(35)27-15-26-9-11-31(16-26)12-10-26)13-32(14-21(22)29-30-33)25(36)18-5-7-19(8-6-18)28-23(34)17-3-4-17/h5-8,17,20H,2-4,9-16H2,1H3,(H,27,35)(H,28,34). The molecule has 1 atom stereocenters. The van der Waals surface area contributed by atoms with Gasteiger partial charge in [0.2, 0.25) is 11.8 Å². The summed E-state index contributed by atoms with van der Waals surface area (Å²) in [4.78, 5) is 43.1. The number of nitrogens with one attached hydrogen (secondary N) is 2. The highest BCUT2D eigenvalue weighted by atomic mass is 16.2. The second kappa shape index (κ2) is 8.99. The van der Waals surface area contributed by atoms with Crippen LogP contribution < -0.4 is 10.6 Å². The lowest BCUT2D eigenvalue weighted by Crippen LogP contribution is -2.46. The number of hydrogen-bond donors (Lipinski definition) is 2. The number of piperidine rings is 1. The van der Waals surface area contributed by atoms with Gasteiger partial charge in [0.05, 0.1) is 18.2 Å². The van der Waals surface area contributed by atoms with Gasteiger partial charge in [-0.25, -0.2) is 4.68 Å². The molecule has 2 bridgehead atoms. The summed E-state index contributed by atoms with van der Waals surface area (Å²) in [5, 5.41) is 14.7. The van der Waals surface area contributed by atoms with Gasteiger partial charge in [0.25, 0.3) is 5.91 Å². The van der Waals surface area contributed by atoms with Crippen LogP contribution in [0.5, 0.6) is 0 Å². The van der Waals surface area contributed by atoms with E-state index in [4.69, 9.17) is 0 Å². The van der Waals surface area contributed by atoms with Crippen LogP contribution in [-0.4, -0.2) is 75.2 Å². The fraction of sp³-hybridized carbons (Fsp3) is 0.577. The van der Waals surface area contributed by atoms with Crippen molar-refractivity contribution in [3.05, 3.63) is 41.2 Å². The van der Waals surface area contributed by atoms with Gasteiger partial charge in [-0.15, -0.1) is 5.10 Å². The molecule has 6 rings (SSSR count). The summed E-state index contributed by atoms with van der Waals surface area (Å²) in [5.41, 5.74) is 2.87. The molecule has 36 heavy (non-hydrogen) atoms. The molecule has 10 nitrogen and oxygen atoms in total. The third-order valence-corrected chi connectivity index (χ3v) is 8.28. The Morgan fingerprint density at radius 3 is 2.47 bits per heavy atom. The number of rotatable bonds is 7. The number of benzene rings is 1. The number of nitrogens with zero attached hydrogens (tertiary/aromatic N) is 5. The lowest BCUT2D eigenvalue weighted by atomic mass is 9.84. The number of hydrogen-bond acceptors (Lipinski definition) is 6. The molecular weight excluding hydrogens is 458 g/mol. The molecule has 3 fully saturated rings. The monoisotopic (exact) mass is 491 g/mol. The van der Waals surface area contributed by atoms with Crippen molar-refractivity contribution < 1.29 is 14.4 Å². The number of anilines is 1. The predicted octanol–water partition coefficient (Wildman–Crippen LogP) is 1.60. The summed E-state index contributed by atoms with van der Waals surface area (Å²) in [7, 11) is 0. The van der Waals surface area contributed by atoms with Crippen LogP contribution in [0.25, 0.3) is 0 Å². The summed E-state index contributed by atoms with van der Waals surface area (Å²) >= 11 is 0. The summed E-state index contributed by atoms with van der Waals surface area (Å²) in [6.45, 7) is 7.15. The minimum Gasteiger partial charge on any atom is -0.355 e. The maximum atomic E-state index is 13.5. The topological polar surface area (TPSA) is 112 Å². The van der Waals surface area contributed by atoms with Gasteiger partial charge in [-0.2, -0.15) is 0 Å². The van der Waals surface area contributed by atoms with Crippen LogP contribution in [0.3, 0.4) is 0 Å². The minimum atomic E-state index is -0.514.